The summed E-state index contributed by atoms with van der Waals surface area (Å²) in [5.74, 6) is 2.28. The van der Waals surface area contributed by atoms with Gasteiger partial charge in [0.25, 0.3) is 0 Å². The normalized spacial score (nSPS) is 21.6. The van der Waals surface area contributed by atoms with Crippen molar-refractivity contribution in [2.45, 2.75) is 104 Å². The smallest absolute Gasteiger partial charge is 0.338 e. The van der Waals surface area contributed by atoms with Gasteiger partial charge in [0, 0.05) is 0 Å². The molecule has 0 aromatic heterocycles. The van der Waals surface area contributed by atoms with Crippen LogP contribution >= 0.6 is 0 Å². The Bertz CT molecular complexity index is 593. The molecule has 0 radical (unpaired) electrons. The zero-order valence-corrected chi connectivity index (χ0v) is 19.8. The first kappa shape index (κ1) is 24.8. The van der Waals surface area contributed by atoms with E-state index in [1.54, 1.807) is 0 Å². The molecule has 3 nitrogen and oxygen atoms in total. The third-order valence-electron chi connectivity index (χ3n) is 6.58. The number of benzene rings is 1. The molecule has 0 N–H and O–H groups in total. The summed E-state index contributed by atoms with van der Waals surface area (Å²) in [6.45, 7) is 9.73. The molecule has 0 spiro atoms. The maximum atomic E-state index is 12.7. The average molecular weight is 417 g/mol. The van der Waals surface area contributed by atoms with Crippen LogP contribution in [0.1, 0.15) is 109 Å². The Morgan fingerprint density at radius 2 is 1.60 bits per heavy atom. The number of carbonyl (C=O) groups is 1. The molecule has 3 heteroatoms. The summed E-state index contributed by atoms with van der Waals surface area (Å²) in [6, 6.07) is 7.46. The Kier molecular flexibility index (Phi) is 11.3. The van der Waals surface area contributed by atoms with Crippen molar-refractivity contribution in [2.24, 2.45) is 17.8 Å². The molecule has 1 aliphatic carbocycles. The van der Waals surface area contributed by atoms with E-state index < -0.39 is 0 Å². The van der Waals surface area contributed by atoms with Gasteiger partial charge in [-0.05, 0) is 61.3 Å². The molecule has 0 saturated heterocycles. The fraction of sp³-hybridized carbons (Fsp3) is 0.741. The highest BCUT2D eigenvalue weighted by molar-refractivity contribution is 5.89. The molecule has 0 unspecified atom stereocenters. The number of ether oxygens (including phenoxy) is 2. The Balaban J connectivity index is 1.69. The van der Waals surface area contributed by atoms with E-state index in [-0.39, 0.29) is 12.1 Å². The van der Waals surface area contributed by atoms with Gasteiger partial charge in [-0.3, -0.25) is 0 Å². The van der Waals surface area contributed by atoms with E-state index in [1.807, 2.05) is 24.3 Å². The van der Waals surface area contributed by atoms with Crippen LogP contribution in [0.5, 0.6) is 5.75 Å². The Morgan fingerprint density at radius 3 is 2.23 bits per heavy atom. The number of unbranched alkanes of at least 4 members (excludes halogenated alkanes) is 7. The van der Waals surface area contributed by atoms with Crippen molar-refractivity contribution in [1.29, 1.82) is 0 Å². The largest absolute Gasteiger partial charge is 0.494 e. The first-order chi connectivity index (χ1) is 14.5. The van der Waals surface area contributed by atoms with Gasteiger partial charge in [-0.1, -0.05) is 79.1 Å². The van der Waals surface area contributed by atoms with Gasteiger partial charge in [0.05, 0.1) is 12.2 Å². The summed E-state index contributed by atoms with van der Waals surface area (Å²) in [6.07, 6.45) is 13.8. The number of carbonyl (C=O) groups excluding carboxylic acids is 1. The van der Waals surface area contributed by atoms with E-state index in [0.29, 0.717) is 23.3 Å². The van der Waals surface area contributed by atoms with Crippen molar-refractivity contribution in [1.82, 2.24) is 0 Å². The van der Waals surface area contributed by atoms with Crippen LogP contribution in [0.4, 0.5) is 0 Å². The van der Waals surface area contributed by atoms with E-state index in [9.17, 15) is 4.79 Å². The summed E-state index contributed by atoms with van der Waals surface area (Å²) in [5.41, 5.74) is 0.621. The fourth-order valence-electron chi connectivity index (χ4n) is 4.57. The quantitative estimate of drug-likeness (QED) is 0.243. The molecule has 0 amide bonds. The summed E-state index contributed by atoms with van der Waals surface area (Å²) in [4.78, 5) is 12.7. The second-order valence-corrected chi connectivity index (χ2v) is 9.62. The van der Waals surface area contributed by atoms with E-state index in [0.717, 1.165) is 31.6 Å². The third-order valence-corrected chi connectivity index (χ3v) is 6.58. The molecule has 1 fully saturated rings. The first-order valence-electron chi connectivity index (χ1n) is 12.4. The zero-order chi connectivity index (χ0) is 21.8. The van der Waals surface area contributed by atoms with Crippen LogP contribution < -0.4 is 4.74 Å². The SMILES string of the molecule is CCCCCCCCCCOc1ccc(C(=O)O[C@H]2C[C@H](C)CC[C@@H]2C(C)C)cc1. The average Bonchev–Trinajstić information content (AvgIpc) is 2.73. The molecule has 1 aromatic rings. The summed E-state index contributed by atoms with van der Waals surface area (Å²) >= 11 is 0. The maximum absolute atomic E-state index is 12.7. The Labute approximate surface area is 184 Å². The number of hydrogen-bond donors (Lipinski definition) is 0. The molecule has 0 aliphatic heterocycles. The second kappa shape index (κ2) is 13.7. The molecule has 1 aromatic carbocycles. The fourth-order valence-corrected chi connectivity index (χ4v) is 4.57. The van der Waals surface area contributed by atoms with Crippen LogP contribution in [0.25, 0.3) is 0 Å². The zero-order valence-electron chi connectivity index (χ0n) is 19.8. The molecule has 2 rings (SSSR count). The van der Waals surface area contributed by atoms with Crippen LogP contribution in [0.3, 0.4) is 0 Å². The molecule has 30 heavy (non-hydrogen) atoms. The van der Waals surface area contributed by atoms with Crippen LogP contribution in [0.15, 0.2) is 24.3 Å². The first-order valence-corrected chi connectivity index (χ1v) is 12.4. The Hall–Kier alpha value is -1.51. The molecule has 0 heterocycles. The summed E-state index contributed by atoms with van der Waals surface area (Å²) in [7, 11) is 0. The molecule has 1 saturated carbocycles. The molecule has 170 valence electrons. The lowest BCUT2D eigenvalue weighted by atomic mass is 9.75. The van der Waals surface area contributed by atoms with Crippen LogP contribution in [0, 0.1) is 17.8 Å². The standard InChI is InChI=1S/C27H44O3/c1-5-6-7-8-9-10-11-12-19-29-24-16-14-23(15-17-24)27(28)30-26-20-22(4)13-18-25(26)21(2)3/h14-17,21-22,25-26H,5-13,18-20H2,1-4H3/t22-,25-,26+/m1/s1. The highest BCUT2D eigenvalue weighted by Crippen LogP contribution is 2.35. The third kappa shape index (κ3) is 8.70. The summed E-state index contributed by atoms with van der Waals surface area (Å²) in [5, 5.41) is 0. The van der Waals surface area contributed by atoms with E-state index in [2.05, 4.69) is 27.7 Å². The van der Waals surface area contributed by atoms with Crippen molar-refractivity contribution in [2.75, 3.05) is 6.61 Å². The molecular formula is C27H44O3. The van der Waals surface area contributed by atoms with Gasteiger partial charge >= 0.3 is 5.97 Å². The van der Waals surface area contributed by atoms with Gasteiger partial charge in [0.2, 0.25) is 0 Å². The molecule has 3 atom stereocenters. The van der Waals surface area contributed by atoms with Gasteiger partial charge in [-0.25, -0.2) is 4.79 Å². The lowest BCUT2D eigenvalue weighted by molar-refractivity contribution is -0.0174. The van der Waals surface area contributed by atoms with E-state index in [1.165, 1.54) is 51.4 Å². The number of rotatable bonds is 13. The van der Waals surface area contributed by atoms with Crippen molar-refractivity contribution in [3.63, 3.8) is 0 Å². The predicted molar refractivity (Wildman–Crippen MR) is 125 cm³/mol. The van der Waals surface area contributed by atoms with Crippen molar-refractivity contribution >= 4 is 5.97 Å². The van der Waals surface area contributed by atoms with Gasteiger partial charge in [0.15, 0.2) is 0 Å². The Morgan fingerprint density at radius 1 is 0.967 bits per heavy atom. The van der Waals surface area contributed by atoms with E-state index >= 15 is 0 Å². The van der Waals surface area contributed by atoms with Gasteiger partial charge < -0.3 is 9.47 Å². The van der Waals surface area contributed by atoms with Crippen LogP contribution in [0.2, 0.25) is 0 Å². The van der Waals surface area contributed by atoms with Crippen molar-refractivity contribution in [3.8, 4) is 5.75 Å². The lowest BCUT2D eigenvalue weighted by Crippen LogP contribution is -2.35. The maximum Gasteiger partial charge on any atom is 0.338 e. The second-order valence-electron chi connectivity index (χ2n) is 9.62. The van der Waals surface area contributed by atoms with Crippen molar-refractivity contribution in [3.05, 3.63) is 29.8 Å². The molecule has 1 aliphatic rings. The number of hydrogen-bond acceptors (Lipinski definition) is 3. The van der Waals surface area contributed by atoms with Crippen molar-refractivity contribution < 1.29 is 14.3 Å². The van der Waals surface area contributed by atoms with Crippen LogP contribution in [-0.4, -0.2) is 18.7 Å². The topological polar surface area (TPSA) is 35.5 Å². The highest BCUT2D eigenvalue weighted by Gasteiger charge is 2.33. The van der Waals surface area contributed by atoms with Crippen LogP contribution in [-0.2, 0) is 4.74 Å². The molecular weight excluding hydrogens is 372 g/mol. The minimum absolute atomic E-state index is 0.0409. The highest BCUT2D eigenvalue weighted by atomic mass is 16.5. The van der Waals surface area contributed by atoms with Gasteiger partial charge in [-0.2, -0.15) is 0 Å². The lowest BCUT2D eigenvalue weighted by Gasteiger charge is -2.36. The number of esters is 1. The monoisotopic (exact) mass is 416 g/mol. The summed E-state index contributed by atoms with van der Waals surface area (Å²) < 4.78 is 11.8. The molecule has 0 bridgehead atoms. The minimum atomic E-state index is -0.200. The minimum Gasteiger partial charge on any atom is -0.494 e. The van der Waals surface area contributed by atoms with Gasteiger partial charge in [-0.15, -0.1) is 0 Å². The predicted octanol–water partition coefficient (Wildman–Crippen LogP) is 7.82. The van der Waals surface area contributed by atoms with E-state index in [4.69, 9.17) is 9.47 Å². The van der Waals surface area contributed by atoms with Gasteiger partial charge in [0.1, 0.15) is 11.9 Å².